The Labute approximate surface area is 87.9 Å². The first-order chi connectivity index (χ1) is 7.27. The van der Waals surface area contributed by atoms with Crippen LogP contribution in [0.1, 0.15) is 6.42 Å². The molecule has 0 aromatic heterocycles. The molecule has 9 heteroatoms. The lowest BCUT2D eigenvalue weighted by Crippen LogP contribution is -2.49. The molecule has 0 aliphatic rings. The van der Waals surface area contributed by atoms with E-state index >= 15 is 0 Å². The van der Waals surface area contributed by atoms with Gasteiger partial charge in [0, 0.05) is 17.9 Å². The Bertz CT molecular complexity index is 301. The molecule has 2 unspecified atom stereocenters. The van der Waals surface area contributed by atoms with Gasteiger partial charge in [-0.1, -0.05) is 0 Å². The zero-order chi connectivity index (χ0) is 13.3. The van der Waals surface area contributed by atoms with Crippen LogP contribution in [0.5, 0.6) is 0 Å². The van der Waals surface area contributed by atoms with Crippen LogP contribution in [0, 0.1) is 5.92 Å². The molecule has 0 aromatic rings. The highest BCUT2D eigenvalue weighted by atomic mass is 16.4. The summed E-state index contributed by atoms with van der Waals surface area (Å²) in [6.07, 6.45) is -3.31. The summed E-state index contributed by atoms with van der Waals surface area (Å²) in [6.45, 7) is 0. The normalized spacial score (nSPS) is 12.3. The van der Waals surface area contributed by atoms with Crippen molar-refractivity contribution in [3.8, 4) is 0 Å². The number of hydrogen-bond donors (Lipinski definition) is 1. The van der Waals surface area contributed by atoms with E-state index in [2.05, 4.69) is 0 Å². The number of hydrogen-bond acceptors (Lipinski definition) is 9. The maximum Gasteiger partial charge on any atom is 0.373 e. The molecule has 0 fully saturated rings. The molecule has 0 spiro atoms. The van der Waals surface area contributed by atoms with Crippen LogP contribution in [0.2, 0.25) is 0 Å². The van der Waals surface area contributed by atoms with Crippen LogP contribution in [0.4, 0.5) is 0 Å². The van der Waals surface area contributed by atoms with Crippen molar-refractivity contribution in [1.82, 2.24) is 0 Å². The smallest absolute Gasteiger partial charge is 0.373 e. The number of aliphatic carboxylic acids is 3. The molecule has 9 nitrogen and oxygen atoms in total. The molecule has 0 rings (SSSR count). The molecule has 1 N–H and O–H groups in total. The van der Waals surface area contributed by atoms with Crippen LogP contribution >= 0.6 is 0 Å². The summed E-state index contributed by atoms with van der Waals surface area (Å²) < 4.78 is 0. The molecule has 90 valence electrons. The summed E-state index contributed by atoms with van der Waals surface area (Å²) in [7, 11) is 0. The zero-order valence-corrected chi connectivity index (χ0v) is 7.58. The Balaban J connectivity index is 0. The summed E-state index contributed by atoms with van der Waals surface area (Å²) >= 11 is 0. The minimum atomic E-state index is -2.41. The van der Waals surface area contributed by atoms with E-state index in [0.29, 0.717) is 0 Å². The van der Waals surface area contributed by atoms with Gasteiger partial charge in [-0.05, 0) is 6.42 Å². The van der Waals surface area contributed by atoms with Crippen LogP contribution in [-0.4, -0.2) is 35.3 Å². The Kier molecular flexibility index (Phi) is 8.19. The molecule has 0 saturated carbocycles. The van der Waals surface area contributed by atoms with Crippen LogP contribution in [-0.2, 0) is 24.0 Å². The Morgan fingerprint density at radius 2 is 1.44 bits per heavy atom. The fraction of sp³-hybridized carbons (Fsp3) is 0.429. The summed E-state index contributed by atoms with van der Waals surface area (Å²) in [5, 5.41) is 38.6. The number of carbonyl (C=O) groups is 3. The van der Waals surface area contributed by atoms with Crippen molar-refractivity contribution in [3.05, 3.63) is 0 Å². The third-order valence-corrected chi connectivity index (χ3v) is 1.31. The number of aliphatic hydroxyl groups excluding tert-OH is 1. The number of rotatable bonds is 5. The van der Waals surface area contributed by atoms with Gasteiger partial charge in [0.25, 0.3) is 0 Å². The number of aliphatic hydroxyl groups is 1. The number of carboxylic acids is 3. The van der Waals surface area contributed by atoms with Gasteiger partial charge in [0.05, 0.1) is 5.97 Å². The van der Waals surface area contributed by atoms with Gasteiger partial charge in [0.2, 0.25) is 0 Å². The predicted molar refractivity (Wildman–Crippen MR) is 34.1 cm³/mol. The van der Waals surface area contributed by atoms with Crippen molar-refractivity contribution >= 4 is 24.1 Å². The first kappa shape index (κ1) is 16.2. The average molecular weight is 233 g/mol. The summed E-state index contributed by atoms with van der Waals surface area (Å²) in [5.41, 5.74) is 0. The summed E-state index contributed by atoms with van der Waals surface area (Å²) in [6, 6.07) is 0. The second-order valence-electron chi connectivity index (χ2n) is 2.35. The molecule has 0 amide bonds. The van der Waals surface area contributed by atoms with Crippen molar-refractivity contribution in [1.29, 1.82) is 0 Å². The highest BCUT2D eigenvalue weighted by Gasteiger charge is 2.21. The van der Waals surface area contributed by atoms with Crippen LogP contribution in [0.3, 0.4) is 0 Å². The van der Waals surface area contributed by atoms with Gasteiger partial charge >= 0.3 is 6.15 Å². The van der Waals surface area contributed by atoms with E-state index in [-0.39, 0.29) is 6.15 Å². The van der Waals surface area contributed by atoms with Crippen molar-refractivity contribution in [3.63, 3.8) is 0 Å². The SMILES string of the molecule is O=C([O-])CC(C(=O)[O-])C(O)C(=O)[O-].O=C=O. The van der Waals surface area contributed by atoms with Crippen molar-refractivity contribution in [2.75, 3.05) is 0 Å². The lowest BCUT2D eigenvalue weighted by Gasteiger charge is -2.24. The Morgan fingerprint density at radius 3 is 1.62 bits per heavy atom. The summed E-state index contributed by atoms with van der Waals surface area (Å²) in [5.74, 6) is -7.92. The van der Waals surface area contributed by atoms with Gasteiger partial charge in [0.15, 0.2) is 0 Å². The van der Waals surface area contributed by atoms with Crippen molar-refractivity contribution in [2.24, 2.45) is 5.92 Å². The van der Waals surface area contributed by atoms with Crippen LogP contribution in [0.25, 0.3) is 0 Å². The minimum Gasteiger partial charge on any atom is -0.550 e. The second-order valence-corrected chi connectivity index (χ2v) is 2.35. The first-order valence-corrected chi connectivity index (χ1v) is 3.56. The van der Waals surface area contributed by atoms with Gasteiger partial charge in [-0.2, -0.15) is 9.59 Å². The van der Waals surface area contributed by atoms with Gasteiger partial charge in [0.1, 0.15) is 6.10 Å². The first-order valence-electron chi connectivity index (χ1n) is 3.56. The van der Waals surface area contributed by atoms with Crippen molar-refractivity contribution < 1.29 is 44.4 Å². The number of carbonyl (C=O) groups excluding carboxylic acids is 5. The highest BCUT2D eigenvalue weighted by molar-refractivity contribution is 5.82. The molecule has 0 bridgehead atoms. The lowest BCUT2D eigenvalue weighted by atomic mass is 9.99. The predicted octanol–water partition coefficient (Wildman–Crippen LogP) is -5.98. The molecule has 0 saturated heterocycles. The third kappa shape index (κ3) is 7.18. The fourth-order valence-electron chi connectivity index (χ4n) is 0.668. The van der Waals surface area contributed by atoms with E-state index < -0.39 is 36.4 Å². The molecular formula is C7H5O9-3. The maximum absolute atomic E-state index is 10.1. The van der Waals surface area contributed by atoms with Crippen molar-refractivity contribution in [2.45, 2.75) is 12.5 Å². The van der Waals surface area contributed by atoms with E-state index in [1.807, 2.05) is 0 Å². The van der Waals surface area contributed by atoms with E-state index in [0.717, 1.165) is 0 Å². The lowest BCUT2D eigenvalue weighted by molar-refractivity contribution is -0.334. The second kappa shape index (κ2) is 8.09. The Hall–Kier alpha value is -2.25. The maximum atomic E-state index is 10.1. The topological polar surface area (TPSA) is 175 Å². The van der Waals surface area contributed by atoms with Gasteiger partial charge in [-0.3, -0.25) is 0 Å². The minimum absolute atomic E-state index is 0.250. The monoisotopic (exact) mass is 233 g/mol. The summed E-state index contributed by atoms with van der Waals surface area (Å²) in [4.78, 5) is 46.3. The standard InChI is InChI=1S/C6H8O7.CO2/c7-3(8)1-2(5(10)11)4(9)6(12)13;2-1-3/h2,4,9H,1H2,(H,7,8)(H,10,11)(H,12,13);/p-3. The van der Waals surface area contributed by atoms with E-state index in [9.17, 15) is 29.7 Å². The fourth-order valence-corrected chi connectivity index (χ4v) is 0.668. The highest BCUT2D eigenvalue weighted by Crippen LogP contribution is 2.06. The molecule has 0 radical (unpaired) electrons. The zero-order valence-electron chi connectivity index (χ0n) is 7.58. The van der Waals surface area contributed by atoms with Crippen LogP contribution in [0.15, 0.2) is 0 Å². The molecule has 0 heterocycles. The molecule has 0 aliphatic carbocycles. The van der Waals surface area contributed by atoms with E-state index in [1.54, 1.807) is 0 Å². The van der Waals surface area contributed by atoms with Gasteiger partial charge in [-0.25, -0.2) is 0 Å². The molecule has 0 aromatic carbocycles. The van der Waals surface area contributed by atoms with Crippen LogP contribution < -0.4 is 15.3 Å². The largest absolute Gasteiger partial charge is 0.550 e. The molecule has 16 heavy (non-hydrogen) atoms. The van der Waals surface area contributed by atoms with E-state index in [1.165, 1.54) is 0 Å². The number of carboxylic acid groups (broad SMARTS) is 3. The molecule has 0 aliphatic heterocycles. The quantitative estimate of drug-likeness (QED) is 0.484. The average Bonchev–Trinajstić information content (AvgIpc) is 2.13. The van der Waals surface area contributed by atoms with Gasteiger partial charge in [-0.15, -0.1) is 0 Å². The third-order valence-electron chi connectivity index (χ3n) is 1.31. The molecule has 2 atom stereocenters. The Morgan fingerprint density at radius 1 is 1.06 bits per heavy atom. The molecular weight excluding hydrogens is 228 g/mol. The van der Waals surface area contributed by atoms with E-state index in [4.69, 9.17) is 14.7 Å². The van der Waals surface area contributed by atoms with Gasteiger partial charge < -0.3 is 34.8 Å².